The van der Waals surface area contributed by atoms with Crippen LogP contribution in [-0.4, -0.2) is 19.3 Å². The highest BCUT2D eigenvalue weighted by Crippen LogP contribution is 2.21. The fourth-order valence-electron chi connectivity index (χ4n) is 1.72. The number of sulfone groups is 1. The average molecular weight is 341 g/mol. The first-order valence-corrected chi connectivity index (χ1v) is 8.15. The molecule has 0 bridgehead atoms. The van der Waals surface area contributed by atoms with Gasteiger partial charge in [0, 0.05) is 4.47 Å². The second-order valence-corrected chi connectivity index (χ2v) is 7.11. The van der Waals surface area contributed by atoms with Gasteiger partial charge in [-0.15, -0.1) is 0 Å². The molecule has 5 heteroatoms. The van der Waals surface area contributed by atoms with Gasteiger partial charge in [0.1, 0.15) is 0 Å². The summed E-state index contributed by atoms with van der Waals surface area (Å²) >= 11 is 3.26. The molecule has 0 aliphatic carbocycles. The number of hydrogen-bond donors (Lipinski definition) is 1. The topological polar surface area (TPSA) is 54.4 Å². The molecule has 2 aromatic carbocycles. The molecular weight excluding hydrogens is 328 g/mol. The molecule has 1 unspecified atom stereocenters. The standard InChI is InChI=1S/C14H13BrO3S/c15-12-6-8-13(9-7-12)19(17,18)10-14(16)11-4-2-1-3-5-11/h1-9,14,16H,10H2. The van der Waals surface area contributed by atoms with E-state index in [0.717, 1.165) is 4.47 Å². The van der Waals surface area contributed by atoms with Gasteiger partial charge in [-0.25, -0.2) is 8.42 Å². The van der Waals surface area contributed by atoms with Gasteiger partial charge in [0.15, 0.2) is 9.84 Å². The summed E-state index contributed by atoms with van der Waals surface area (Å²) in [7, 11) is -3.50. The normalized spacial score (nSPS) is 13.2. The highest BCUT2D eigenvalue weighted by molar-refractivity contribution is 9.10. The Kier molecular flexibility index (Phi) is 4.39. The molecule has 0 spiro atoms. The Balaban J connectivity index is 2.20. The van der Waals surface area contributed by atoms with E-state index >= 15 is 0 Å². The predicted molar refractivity (Wildman–Crippen MR) is 77.6 cm³/mol. The molecule has 100 valence electrons. The van der Waals surface area contributed by atoms with Crippen LogP contribution in [0.15, 0.2) is 64.0 Å². The van der Waals surface area contributed by atoms with Crippen molar-refractivity contribution in [2.45, 2.75) is 11.0 Å². The number of benzene rings is 2. The van der Waals surface area contributed by atoms with Crippen molar-refractivity contribution in [2.75, 3.05) is 5.75 Å². The zero-order chi connectivity index (χ0) is 13.9. The van der Waals surface area contributed by atoms with Crippen molar-refractivity contribution in [3.63, 3.8) is 0 Å². The number of halogens is 1. The highest BCUT2D eigenvalue weighted by atomic mass is 79.9. The number of aliphatic hydroxyl groups excluding tert-OH is 1. The minimum Gasteiger partial charge on any atom is -0.387 e. The monoisotopic (exact) mass is 340 g/mol. The summed E-state index contributed by atoms with van der Waals surface area (Å²) in [6.45, 7) is 0. The molecule has 0 heterocycles. The van der Waals surface area contributed by atoms with Crippen LogP contribution in [0.3, 0.4) is 0 Å². The lowest BCUT2D eigenvalue weighted by Crippen LogP contribution is -2.14. The van der Waals surface area contributed by atoms with Gasteiger partial charge in [-0.3, -0.25) is 0 Å². The molecule has 2 rings (SSSR count). The lowest BCUT2D eigenvalue weighted by molar-refractivity contribution is 0.201. The smallest absolute Gasteiger partial charge is 0.181 e. The van der Waals surface area contributed by atoms with E-state index in [0.29, 0.717) is 5.56 Å². The van der Waals surface area contributed by atoms with E-state index in [4.69, 9.17) is 0 Å². The fraction of sp³-hybridized carbons (Fsp3) is 0.143. The van der Waals surface area contributed by atoms with Gasteiger partial charge in [0.25, 0.3) is 0 Å². The van der Waals surface area contributed by atoms with E-state index in [-0.39, 0.29) is 10.6 Å². The zero-order valence-electron chi connectivity index (χ0n) is 10.0. The van der Waals surface area contributed by atoms with Crippen LogP contribution in [-0.2, 0) is 9.84 Å². The van der Waals surface area contributed by atoms with Gasteiger partial charge in [-0.05, 0) is 29.8 Å². The molecule has 0 saturated carbocycles. The van der Waals surface area contributed by atoms with Gasteiger partial charge in [0.05, 0.1) is 16.8 Å². The first kappa shape index (κ1) is 14.2. The molecule has 3 nitrogen and oxygen atoms in total. The minimum atomic E-state index is -3.50. The van der Waals surface area contributed by atoms with Gasteiger partial charge in [0.2, 0.25) is 0 Å². The van der Waals surface area contributed by atoms with Gasteiger partial charge >= 0.3 is 0 Å². The zero-order valence-corrected chi connectivity index (χ0v) is 12.4. The summed E-state index contributed by atoms with van der Waals surface area (Å²) in [6.07, 6.45) is -1.02. The third-order valence-corrected chi connectivity index (χ3v) is 5.01. The summed E-state index contributed by atoms with van der Waals surface area (Å²) in [5.74, 6) is -0.321. The van der Waals surface area contributed by atoms with Crippen LogP contribution in [0.25, 0.3) is 0 Å². The van der Waals surface area contributed by atoms with Gasteiger partial charge < -0.3 is 5.11 Å². The summed E-state index contributed by atoms with van der Waals surface area (Å²) < 4.78 is 25.1. The molecule has 0 saturated heterocycles. The number of rotatable bonds is 4. The van der Waals surface area contributed by atoms with Crippen molar-refractivity contribution in [3.05, 3.63) is 64.6 Å². The number of aliphatic hydroxyl groups is 1. The van der Waals surface area contributed by atoms with Crippen molar-refractivity contribution >= 4 is 25.8 Å². The largest absolute Gasteiger partial charge is 0.387 e. The maximum atomic E-state index is 12.2. The predicted octanol–water partition coefficient (Wildman–Crippen LogP) is 2.96. The van der Waals surface area contributed by atoms with Gasteiger partial charge in [-0.1, -0.05) is 46.3 Å². The van der Waals surface area contributed by atoms with Crippen molar-refractivity contribution in [3.8, 4) is 0 Å². The van der Waals surface area contributed by atoms with Crippen molar-refractivity contribution in [1.29, 1.82) is 0 Å². The van der Waals surface area contributed by atoms with E-state index in [9.17, 15) is 13.5 Å². The van der Waals surface area contributed by atoms with Crippen LogP contribution in [0.5, 0.6) is 0 Å². The third kappa shape index (κ3) is 3.65. The molecule has 0 fully saturated rings. The Morgan fingerprint density at radius 2 is 1.58 bits per heavy atom. The van der Waals surface area contributed by atoms with Gasteiger partial charge in [-0.2, -0.15) is 0 Å². The van der Waals surface area contributed by atoms with E-state index in [2.05, 4.69) is 15.9 Å². The van der Waals surface area contributed by atoms with Crippen molar-refractivity contribution < 1.29 is 13.5 Å². The number of hydrogen-bond acceptors (Lipinski definition) is 3. The Morgan fingerprint density at radius 3 is 2.16 bits per heavy atom. The van der Waals surface area contributed by atoms with Crippen LogP contribution in [0.1, 0.15) is 11.7 Å². The molecular formula is C14H13BrO3S. The molecule has 0 radical (unpaired) electrons. The first-order chi connectivity index (χ1) is 8.99. The summed E-state index contributed by atoms with van der Waals surface area (Å²) in [5, 5.41) is 9.98. The van der Waals surface area contributed by atoms with Crippen molar-refractivity contribution in [2.24, 2.45) is 0 Å². The third-order valence-electron chi connectivity index (χ3n) is 2.73. The first-order valence-electron chi connectivity index (χ1n) is 5.70. The van der Waals surface area contributed by atoms with E-state index in [1.54, 1.807) is 36.4 Å². The lowest BCUT2D eigenvalue weighted by atomic mass is 10.1. The maximum Gasteiger partial charge on any atom is 0.181 e. The SMILES string of the molecule is O=S(=O)(CC(O)c1ccccc1)c1ccc(Br)cc1. The van der Waals surface area contributed by atoms with Crippen molar-refractivity contribution in [1.82, 2.24) is 0 Å². The van der Waals surface area contributed by atoms with Crippen LogP contribution >= 0.6 is 15.9 Å². The van der Waals surface area contributed by atoms with Crippen LogP contribution in [0.4, 0.5) is 0 Å². The van der Waals surface area contributed by atoms with E-state index in [1.165, 1.54) is 12.1 Å². The minimum absolute atomic E-state index is 0.214. The Bertz CT molecular complexity index is 636. The Labute approximate surface area is 121 Å². The molecule has 1 atom stereocenters. The fourth-order valence-corrected chi connectivity index (χ4v) is 3.33. The molecule has 1 N–H and O–H groups in total. The van der Waals surface area contributed by atoms with Crippen LogP contribution in [0.2, 0.25) is 0 Å². The summed E-state index contributed by atoms with van der Waals surface area (Å²) in [6, 6.07) is 15.2. The van der Waals surface area contributed by atoms with Crippen LogP contribution in [0, 0.1) is 0 Å². The van der Waals surface area contributed by atoms with Crippen LogP contribution < -0.4 is 0 Å². The molecule has 0 aliphatic rings. The molecule has 0 amide bonds. The quantitative estimate of drug-likeness (QED) is 0.930. The van der Waals surface area contributed by atoms with E-state index in [1.807, 2.05) is 6.07 Å². The highest BCUT2D eigenvalue weighted by Gasteiger charge is 2.20. The summed E-state index contributed by atoms with van der Waals surface area (Å²) in [4.78, 5) is 0.214. The molecule has 19 heavy (non-hydrogen) atoms. The average Bonchev–Trinajstić information content (AvgIpc) is 2.40. The molecule has 2 aromatic rings. The Hall–Kier alpha value is -1.17. The molecule has 0 aliphatic heterocycles. The van der Waals surface area contributed by atoms with E-state index < -0.39 is 15.9 Å². The lowest BCUT2D eigenvalue weighted by Gasteiger charge is -2.11. The maximum absolute atomic E-state index is 12.2. The summed E-state index contributed by atoms with van der Waals surface area (Å²) in [5.41, 5.74) is 0.600. The second kappa shape index (κ2) is 5.86. The Morgan fingerprint density at radius 1 is 1.00 bits per heavy atom. The second-order valence-electron chi connectivity index (χ2n) is 4.16. The molecule has 0 aromatic heterocycles.